The van der Waals surface area contributed by atoms with Crippen molar-refractivity contribution in [3.63, 3.8) is 0 Å². The van der Waals surface area contributed by atoms with Crippen LogP contribution in [0.2, 0.25) is 0 Å². The lowest BCUT2D eigenvalue weighted by molar-refractivity contribution is -0.173. The molecule has 4 bridgehead atoms. The lowest BCUT2D eigenvalue weighted by Crippen LogP contribution is -2.73. The van der Waals surface area contributed by atoms with Gasteiger partial charge >= 0.3 is 0 Å². The van der Waals surface area contributed by atoms with Crippen LogP contribution in [0, 0.1) is 11.8 Å². The maximum atomic E-state index is 12.5. The molecule has 10 rings (SSSR count). The van der Waals surface area contributed by atoms with Crippen molar-refractivity contribution >= 4 is 11.7 Å². The number of ether oxygens (including phenoxy) is 1. The molecule has 254 valence electrons. The number of hydrogen-bond acceptors (Lipinski definition) is 9. The number of likely N-dealkylation sites (tertiary alicyclic amines) is 2. The number of aromatic hydroxyl groups is 2. The van der Waals surface area contributed by atoms with E-state index in [4.69, 9.17) is 10.5 Å². The van der Waals surface area contributed by atoms with E-state index in [1.807, 2.05) is 18.2 Å². The van der Waals surface area contributed by atoms with Crippen LogP contribution in [-0.4, -0.2) is 98.5 Å². The van der Waals surface area contributed by atoms with Gasteiger partial charge in [0.05, 0.1) is 11.2 Å². The quantitative estimate of drug-likeness (QED) is 0.314. The first kappa shape index (κ1) is 30.6. The zero-order valence-corrected chi connectivity index (χ0v) is 27.4. The minimum absolute atomic E-state index is 0.0497. The summed E-state index contributed by atoms with van der Waals surface area (Å²) in [4.78, 5) is 29.1. The molecule has 0 unspecified atom stereocenters. The second-order valence-electron chi connectivity index (χ2n) is 15.9. The van der Waals surface area contributed by atoms with Gasteiger partial charge in [-0.25, -0.2) is 0 Å². The van der Waals surface area contributed by atoms with E-state index in [-0.39, 0.29) is 46.8 Å². The number of primary amides is 1. The van der Waals surface area contributed by atoms with Crippen molar-refractivity contribution in [2.45, 2.75) is 98.5 Å². The number of fused-ring (bicyclic) bond motifs is 1. The number of carbonyl (C=O) groups is 2. The van der Waals surface area contributed by atoms with Crippen LogP contribution in [0.3, 0.4) is 0 Å². The summed E-state index contributed by atoms with van der Waals surface area (Å²) >= 11 is 0. The Morgan fingerprint density at radius 3 is 2.56 bits per heavy atom. The second kappa shape index (κ2) is 10.3. The van der Waals surface area contributed by atoms with Gasteiger partial charge in [0.25, 0.3) is 5.91 Å². The third kappa shape index (κ3) is 3.94. The van der Waals surface area contributed by atoms with Crippen molar-refractivity contribution in [2.75, 3.05) is 26.7 Å². The summed E-state index contributed by atoms with van der Waals surface area (Å²) in [5.41, 5.74) is 7.45. The number of piperidine rings is 2. The molecule has 8 aliphatic rings. The normalized spacial score (nSPS) is 38.6. The van der Waals surface area contributed by atoms with E-state index in [0.717, 1.165) is 44.0 Å². The Morgan fingerprint density at radius 2 is 1.79 bits per heavy atom. The molecule has 2 aromatic rings. The van der Waals surface area contributed by atoms with Gasteiger partial charge in [0.1, 0.15) is 23.7 Å². The molecule has 10 nitrogen and oxygen atoms in total. The number of amides is 1. The molecule has 3 aliphatic heterocycles. The third-order valence-electron chi connectivity index (χ3n) is 13.7. The molecule has 0 radical (unpaired) electrons. The molecule has 10 heteroatoms. The van der Waals surface area contributed by atoms with E-state index < -0.39 is 23.0 Å². The highest BCUT2D eigenvalue weighted by molar-refractivity contribution is 5.96. The summed E-state index contributed by atoms with van der Waals surface area (Å²) in [6.45, 7) is 2.81. The van der Waals surface area contributed by atoms with Crippen molar-refractivity contribution in [3.8, 4) is 17.2 Å². The summed E-state index contributed by atoms with van der Waals surface area (Å²) < 4.78 is 6.09. The number of nitrogens with zero attached hydrogens (tertiary/aromatic N) is 2. The molecule has 8 atom stereocenters. The molecule has 6 N–H and O–H groups in total. The van der Waals surface area contributed by atoms with E-state index in [9.17, 15) is 30.0 Å². The van der Waals surface area contributed by atoms with Crippen molar-refractivity contribution in [2.24, 2.45) is 17.6 Å². The number of likely N-dealkylation sites (N-methyl/N-ethyl adjacent to an activating group) is 1. The predicted octanol–water partition coefficient (Wildman–Crippen LogP) is 2.45. The zero-order valence-electron chi connectivity index (χ0n) is 27.4. The van der Waals surface area contributed by atoms with Gasteiger partial charge in [0.15, 0.2) is 11.5 Å². The van der Waals surface area contributed by atoms with Crippen LogP contribution in [0.5, 0.6) is 17.2 Å². The maximum Gasteiger partial charge on any atom is 0.252 e. The fraction of sp³-hybridized carbons (Fsp3) is 0.579. The molecule has 3 heterocycles. The van der Waals surface area contributed by atoms with E-state index in [1.54, 1.807) is 12.1 Å². The molecule has 1 amide bonds. The lowest BCUT2D eigenvalue weighted by atomic mass is 9.49. The molecule has 48 heavy (non-hydrogen) atoms. The van der Waals surface area contributed by atoms with Crippen LogP contribution in [0.15, 0.2) is 36.4 Å². The molecule has 1 spiro atoms. The highest BCUT2D eigenvalue weighted by atomic mass is 16.5. The van der Waals surface area contributed by atoms with Crippen molar-refractivity contribution < 1.29 is 34.8 Å². The fourth-order valence-corrected chi connectivity index (χ4v) is 11.3. The van der Waals surface area contributed by atoms with Crippen LogP contribution < -0.4 is 10.5 Å². The summed E-state index contributed by atoms with van der Waals surface area (Å²) in [6.07, 6.45) is 9.93. The van der Waals surface area contributed by atoms with Gasteiger partial charge < -0.3 is 35.8 Å². The first-order valence-corrected chi connectivity index (χ1v) is 17.7. The van der Waals surface area contributed by atoms with Crippen molar-refractivity contribution in [3.05, 3.63) is 64.2 Å². The Balaban J connectivity index is 0.000000135. The van der Waals surface area contributed by atoms with Gasteiger partial charge in [-0.2, -0.15) is 0 Å². The summed E-state index contributed by atoms with van der Waals surface area (Å²) in [7, 11) is 2.19. The van der Waals surface area contributed by atoms with Crippen LogP contribution in [0.25, 0.3) is 0 Å². The van der Waals surface area contributed by atoms with Gasteiger partial charge in [-0.15, -0.1) is 0 Å². The third-order valence-corrected chi connectivity index (χ3v) is 13.7. The van der Waals surface area contributed by atoms with Gasteiger partial charge in [-0.1, -0.05) is 24.3 Å². The predicted molar refractivity (Wildman–Crippen MR) is 176 cm³/mol. The second-order valence-corrected chi connectivity index (χ2v) is 15.9. The van der Waals surface area contributed by atoms with Gasteiger partial charge in [0.2, 0.25) is 0 Å². The Morgan fingerprint density at radius 1 is 1.02 bits per heavy atom. The molecular formula is C38H45N3O7. The number of phenols is 2. The average molecular weight is 656 g/mol. The number of nitrogens with two attached hydrogens (primary N) is 1. The van der Waals surface area contributed by atoms with E-state index in [2.05, 4.69) is 22.9 Å². The zero-order chi connectivity index (χ0) is 33.3. The first-order chi connectivity index (χ1) is 23.0. The Hall–Kier alpha value is -3.44. The number of aliphatic hydroxyl groups excluding tert-OH is 1. The molecular weight excluding hydrogens is 610 g/mol. The van der Waals surface area contributed by atoms with Gasteiger partial charge in [-0.05, 0) is 94.3 Å². The molecule has 2 saturated heterocycles. The number of phenolic OH excluding ortho intramolecular Hbond substituents is 1. The molecule has 5 aliphatic carbocycles. The monoisotopic (exact) mass is 655 g/mol. The van der Waals surface area contributed by atoms with E-state index in [0.29, 0.717) is 49.0 Å². The van der Waals surface area contributed by atoms with E-state index in [1.165, 1.54) is 24.0 Å². The van der Waals surface area contributed by atoms with E-state index >= 15 is 0 Å². The average Bonchev–Trinajstić information content (AvgIpc) is 3.80. The number of carbonyl (C=O) groups excluding carboxylic acids is 2. The molecule has 2 saturated carbocycles. The summed E-state index contributed by atoms with van der Waals surface area (Å²) in [5, 5.41) is 43.5. The minimum atomic E-state index is -1.06. The smallest absolute Gasteiger partial charge is 0.252 e. The number of aliphatic hydroxyl groups is 2. The van der Waals surface area contributed by atoms with Crippen LogP contribution in [-0.2, 0) is 28.5 Å². The van der Waals surface area contributed by atoms with Crippen molar-refractivity contribution in [1.82, 2.24) is 9.80 Å². The van der Waals surface area contributed by atoms with Crippen LogP contribution >= 0.6 is 0 Å². The molecule has 0 aromatic heterocycles. The number of ketones is 1. The number of Topliss-reactive ketones (excluding diaryl/α,β-unsaturated/α-hetero) is 1. The van der Waals surface area contributed by atoms with Crippen molar-refractivity contribution in [1.29, 1.82) is 0 Å². The largest absolute Gasteiger partial charge is 0.507 e. The van der Waals surface area contributed by atoms with Gasteiger partial charge in [-0.3, -0.25) is 14.5 Å². The van der Waals surface area contributed by atoms with Crippen LogP contribution in [0.4, 0.5) is 0 Å². The highest BCUT2D eigenvalue weighted by Gasteiger charge is 2.66. The number of rotatable bonds is 3. The van der Waals surface area contributed by atoms with Gasteiger partial charge in [0, 0.05) is 59.3 Å². The Kier molecular flexibility index (Phi) is 6.56. The topological polar surface area (TPSA) is 157 Å². The highest BCUT2D eigenvalue weighted by Crippen LogP contribution is 2.63. The number of hydrogen-bond donors (Lipinski definition) is 5. The lowest BCUT2D eigenvalue weighted by Gasteiger charge is -2.63. The molecule has 2 aromatic carbocycles. The Labute approximate surface area is 280 Å². The summed E-state index contributed by atoms with van der Waals surface area (Å²) in [5.74, 6) is 1.20. The standard InChI is InChI=1S/C21H26N2O4.C17H19NO3/c22-19(26)15-4-3-13-9-16-21(27)6-5-14(24)10-20(21,17(13)18(15)25)7-8-23(16)11-12-1-2-12;1-18-7-6-17-10-3-5-13(20)16(17)21-15-12(19)4-2-9(14(15)17)8-11(10)18/h3-4,12,16,25,27H,1-2,5-11H2,(H2,22,26);2-5,10-11,13,16,19-20H,6-8H2,1H3/t16-,20-,21-;10-,11+,13-,16-,17-/m10/s1. The fourth-order valence-electron chi connectivity index (χ4n) is 11.3. The molecule has 4 fully saturated rings. The minimum Gasteiger partial charge on any atom is -0.507 e. The maximum absolute atomic E-state index is 12.5. The first-order valence-electron chi connectivity index (χ1n) is 17.7. The SMILES string of the molecule is CN1CC[C@]23c4c5ccc(O)c4O[C@H]2[C@@H](O)C=C[C@H]3[C@H]1C5.NC(=O)c1ccc2c(c1O)[C@]13CCN(CC4CC4)[C@H](C2)[C@]1(O)CCC(=O)C3. The van der Waals surface area contributed by atoms with Crippen LogP contribution in [0.1, 0.15) is 77.6 Å². The summed E-state index contributed by atoms with van der Waals surface area (Å²) in [6, 6.07) is 7.60. The Bertz CT molecular complexity index is 1770. The number of benzene rings is 2.